The second kappa shape index (κ2) is 9.86. The van der Waals surface area contributed by atoms with Crippen LogP contribution in [-0.4, -0.2) is 23.6 Å². The van der Waals surface area contributed by atoms with E-state index in [4.69, 9.17) is 14.2 Å². The molecule has 0 unspecified atom stereocenters. The number of benzene rings is 2. The van der Waals surface area contributed by atoms with Crippen molar-refractivity contribution in [3.8, 4) is 17.2 Å². The van der Waals surface area contributed by atoms with Gasteiger partial charge in [-0.2, -0.15) is 0 Å². The molecule has 0 saturated heterocycles. The Balaban J connectivity index is 2.29. The van der Waals surface area contributed by atoms with Gasteiger partial charge in [0.15, 0.2) is 17.3 Å². The van der Waals surface area contributed by atoms with Crippen LogP contribution in [0.5, 0.6) is 17.2 Å². The lowest BCUT2D eigenvalue weighted by atomic mass is 10.0. The van der Waals surface area contributed by atoms with Crippen molar-refractivity contribution in [3.05, 3.63) is 71.8 Å². The predicted octanol–water partition coefficient (Wildman–Crippen LogP) is 6.81. The van der Waals surface area contributed by atoms with E-state index in [9.17, 15) is 4.79 Å². The predicted molar refractivity (Wildman–Crippen MR) is 127 cm³/mol. The second-order valence-corrected chi connectivity index (χ2v) is 9.36. The van der Waals surface area contributed by atoms with Gasteiger partial charge >= 0.3 is 0 Å². The number of allylic oxidation sites excluding steroid dienone is 1. The van der Waals surface area contributed by atoms with Crippen molar-refractivity contribution in [3.63, 3.8) is 0 Å². The van der Waals surface area contributed by atoms with E-state index in [-0.39, 0.29) is 17.0 Å². The van der Waals surface area contributed by atoms with Crippen LogP contribution in [-0.2, 0) is 0 Å². The minimum Gasteiger partial charge on any atom is -0.490 e. The number of hydrogen-bond donors (Lipinski definition) is 0. The summed E-state index contributed by atoms with van der Waals surface area (Å²) in [5.41, 5.74) is 1.69. The highest BCUT2D eigenvalue weighted by atomic mass is 16.5. The first-order chi connectivity index (χ1) is 14.4. The molecule has 0 N–H and O–H groups in total. The van der Waals surface area contributed by atoms with Gasteiger partial charge in [0, 0.05) is 11.1 Å². The van der Waals surface area contributed by atoms with Crippen molar-refractivity contribution >= 4 is 11.9 Å². The Morgan fingerprint density at radius 2 is 1.55 bits per heavy atom. The van der Waals surface area contributed by atoms with Gasteiger partial charge in [0.25, 0.3) is 0 Å². The van der Waals surface area contributed by atoms with Crippen LogP contribution in [0.4, 0.5) is 0 Å². The van der Waals surface area contributed by atoms with E-state index in [0.717, 1.165) is 11.1 Å². The van der Waals surface area contributed by atoms with Crippen molar-refractivity contribution in [1.29, 1.82) is 0 Å². The maximum Gasteiger partial charge on any atom is 0.185 e. The Kier molecular flexibility index (Phi) is 7.72. The molecule has 2 aromatic rings. The molecule has 0 heterocycles. The lowest BCUT2D eigenvalue weighted by Gasteiger charge is -2.28. The molecule has 0 saturated carbocycles. The third-order valence-electron chi connectivity index (χ3n) is 4.16. The quantitative estimate of drug-likeness (QED) is 0.266. The minimum absolute atomic E-state index is 0.0806. The second-order valence-electron chi connectivity index (χ2n) is 9.36. The zero-order valence-corrected chi connectivity index (χ0v) is 19.7. The molecule has 0 aliphatic heterocycles. The monoisotopic (exact) mass is 422 g/mol. The number of carbonyl (C=O) groups is 1. The summed E-state index contributed by atoms with van der Waals surface area (Å²) in [6.07, 6.45) is 5.07. The third kappa shape index (κ3) is 7.63. The average molecular weight is 423 g/mol. The van der Waals surface area contributed by atoms with Crippen molar-refractivity contribution in [1.82, 2.24) is 0 Å². The van der Waals surface area contributed by atoms with Crippen LogP contribution in [0.3, 0.4) is 0 Å². The van der Waals surface area contributed by atoms with Gasteiger partial charge in [-0.15, -0.1) is 0 Å². The first kappa shape index (κ1) is 24.3. The zero-order valence-electron chi connectivity index (χ0n) is 19.7. The number of rotatable bonds is 8. The fraction of sp³-hybridized carbons (Fsp3) is 0.370. The summed E-state index contributed by atoms with van der Waals surface area (Å²) >= 11 is 0. The normalized spacial score (nSPS) is 12.0. The zero-order chi connectivity index (χ0) is 23.2. The molecule has 0 aromatic heterocycles. The van der Waals surface area contributed by atoms with Crippen LogP contribution in [0, 0.1) is 6.92 Å². The molecular formula is C27H34O4. The fourth-order valence-electron chi connectivity index (χ4n) is 2.84. The molecule has 0 aliphatic rings. The van der Waals surface area contributed by atoms with Crippen LogP contribution in [0.15, 0.2) is 55.1 Å². The number of ether oxygens (including phenoxy) is 3. The Morgan fingerprint density at radius 3 is 2.10 bits per heavy atom. The van der Waals surface area contributed by atoms with Crippen molar-refractivity contribution in [2.45, 2.75) is 59.7 Å². The van der Waals surface area contributed by atoms with Gasteiger partial charge in [-0.05, 0) is 90.4 Å². The number of carbonyl (C=O) groups excluding carboxylic acids is 1. The van der Waals surface area contributed by atoms with Crippen LogP contribution in [0.2, 0.25) is 0 Å². The average Bonchev–Trinajstić information content (AvgIpc) is 2.67. The molecule has 0 aliphatic carbocycles. The van der Waals surface area contributed by atoms with Crippen LogP contribution in [0.25, 0.3) is 6.08 Å². The third-order valence-corrected chi connectivity index (χ3v) is 4.16. The van der Waals surface area contributed by atoms with Crippen molar-refractivity contribution in [2.24, 2.45) is 0 Å². The van der Waals surface area contributed by atoms with Gasteiger partial charge in [-0.25, -0.2) is 0 Å². The largest absolute Gasteiger partial charge is 0.490 e. The summed E-state index contributed by atoms with van der Waals surface area (Å²) in [4.78, 5) is 12.6. The van der Waals surface area contributed by atoms with E-state index >= 15 is 0 Å². The van der Waals surface area contributed by atoms with Crippen molar-refractivity contribution < 1.29 is 19.0 Å². The van der Waals surface area contributed by atoms with E-state index in [2.05, 4.69) is 6.58 Å². The highest BCUT2D eigenvalue weighted by Crippen LogP contribution is 2.38. The van der Waals surface area contributed by atoms with E-state index in [1.165, 1.54) is 0 Å². The van der Waals surface area contributed by atoms with Gasteiger partial charge in [0.05, 0.1) is 0 Å². The Morgan fingerprint density at radius 1 is 0.935 bits per heavy atom. The smallest absolute Gasteiger partial charge is 0.185 e. The molecule has 166 valence electrons. The molecule has 2 aromatic carbocycles. The van der Waals surface area contributed by atoms with Crippen LogP contribution >= 0.6 is 0 Å². The first-order valence-electron chi connectivity index (χ1n) is 10.5. The minimum atomic E-state index is -0.381. The Labute approximate surface area is 186 Å². The summed E-state index contributed by atoms with van der Waals surface area (Å²) in [6.45, 7) is 18.0. The van der Waals surface area contributed by atoms with Gasteiger partial charge in [0.1, 0.15) is 23.6 Å². The fourth-order valence-corrected chi connectivity index (χ4v) is 2.84. The maximum absolute atomic E-state index is 12.6. The van der Waals surface area contributed by atoms with Crippen LogP contribution < -0.4 is 14.2 Å². The molecule has 0 radical (unpaired) electrons. The molecular weight excluding hydrogens is 388 g/mol. The van der Waals surface area contributed by atoms with E-state index in [1.807, 2.05) is 66.7 Å². The van der Waals surface area contributed by atoms with E-state index in [0.29, 0.717) is 29.4 Å². The van der Waals surface area contributed by atoms with Gasteiger partial charge in [-0.3, -0.25) is 4.79 Å². The summed E-state index contributed by atoms with van der Waals surface area (Å²) in [6, 6.07) is 10.9. The Hall–Kier alpha value is -3.01. The SMILES string of the molecule is C=CCOc1ccc(C(=O)/C=C/c2ccc(OC(C)(C)C)c(OC(C)(C)C)c2C)cc1. The van der Waals surface area contributed by atoms with Gasteiger partial charge < -0.3 is 14.2 Å². The first-order valence-corrected chi connectivity index (χ1v) is 10.5. The van der Waals surface area contributed by atoms with Crippen molar-refractivity contribution in [2.75, 3.05) is 6.61 Å². The van der Waals surface area contributed by atoms with Gasteiger partial charge in [-0.1, -0.05) is 24.8 Å². The molecule has 0 atom stereocenters. The molecule has 4 heteroatoms. The van der Waals surface area contributed by atoms with Gasteiger partial charge in [0.2, 0.25) is 0 Å². The maximum atomic E-state index is 12.6. The molecule has 0 bridgehead atoms. The molecule has 2 rings (SSSR count). The lowest BCUT2D eigenvalue weighted by Crippen LogP contribution is -2.27. The number of hydrogen-bond acceptors (Lipinski definition) is 4. The highest BCUT2D eigenvalue weighted by Gasteiger charge is 2.22. The molecule has 0 amide bonds. The topological polar surface area (TPSA) is 44.8 Å². The summed E-state index contributed by atoms with van der Waals surface area (Å²) in [5, 5.41) is 0. The van der Waals surface area contributed by atoms with E-state index < -0.39 is 0 Å². The van der Waals surface area contributed by atoms with Crippen LogP contribution in [0.1, 0.15) is 63.0 Å². The molecule has 31 heavy (non-hydrogen) atoms. The molecule has 4 nitrogen and oxygen atoms in total. The highest BCUT2D eigenvalue weighted by molar-refractivity contribution is 6.07. The summed E-state index contributed by atoms with van der Waals surface area (Å²) in [5.74, 6) is 2.01. The molecule has 0 fully saturated rings. The summed E-state index contributed by atoms with van der Waals surface area (Å²) < 4.78 is 17.8. The molecule has 0 spiro atoms. The lowest BCUT2D eigenvalue weighted by molar-refractivity contribution is 0.0950. The Bertz CT molecular complexity index is 939. The number of ketones is 1. The van der Waals surface area contributed by atoms with E-state index in [1.54, 1.807) is 36.4 Å². The summed E-state index contributed by atoms with van der Waals surface area (Å²) in [7, 11) is 0. The standard InChI is InChI=1S/C27H34O4/c1-9-18-29-22-14-10-21(11-15-22)23(28)16-12-20-13-17-24(30-26(3,4)5)25(19(20)2)31-27(6,7)8/h9-17H,1,18H2,2-8H3/b16-12+.